The number of nitro groups is 2. The average molecular weight is 324 g/mol. The zero-order chi connectivity index (χ0) is 16.5. The number of phenolic OH excluding ortho intramolecular Hbond substituents is 1. The van der Waals surface area contributed by atoms with Crippen molar-refractivity contribution < 1.29 is 23.4 Å². The molecule has 2 aromatic rings. The third-order valence-electron chi connectivity index (χ3n) is 2.79. The van der Waals surface area contributed by atoms with E-state index in [1.54, 1.807) is 0 Å². The van der Waals surface area contributed by atoms with Gasteiger partial charge in [-0.15, -0.1) is 0 Å². The van der Waals surface area contributed by atoms with Crippen molar-refractivity contribution in [3.05, 3.63) is 62.7 Å². The molecule has 10 heteroatoms. The molecular weight excluding hydrogens is 316 g/mol. The SMILES string of the molecule is O=[N+]([O-])c1cccc(S(=O)(=O)c2ccc(O)c([N+](=O)[O-])c2)c1. The summed E-state index contributed by atoms with van der Waals surface area (Å²) in [5.41, 5.74) is -1.19. The molecule has 0 atom stereocenters. The number of hydrogen-bond acceptors (Lipinski definition) is 7. The number of rotatable bonds is 4. The number of nitro benzene ring substituents is 2. The maximum absolute atomic E-state index is 12.4. The second kappa shape index (κ2) is 5.41. The summed E-state index contributed by atoms with van der Waals surface area (Å²) in [6, 6.07) is 6.87. The lowest BCUT2D eigenvalue weighted by Gasteiger charge is -2.05. The van der Waals surface area contributed by atoms with Crippen molar-refractivity contribution in [2.24, 2.45) is 0 Å². The van der Waals surface area contributed by atoms with Crippen LogP contribution in [0, 0.1) is 20.2 Å². The van der Waals surface area contributed by atoms with E-state index in [1.165, 1.54) is 6.07 Å². The van der Waals surface area contributed by atoms with Crippen LogP contribution in [-0.2, 0) is 9.84 Å². The number of benzene rings is 2. The molecule has 0 amide bonds. The smallest absolute Gasteiger partial charge is 0.312 e. The van der Waals surface area contributed by atoms with Gasteiger partial charge in [0.2, 0.25) is 9.84 Å². The van der Waals surface area contributed by atoms with Crippen LogP contribution < -0.4 is 0 Å². The van der Waals surface area contributed by atoms with Crippen LogP contribution in [0.25, 0.3) is 0 Å². The first-order chi connectivity index (χ1) is 10.2. The summed E-state index contributed by atoms with van der Waals surface area (Å²) < 4.78 is 24.7. The lowest BCUT2D eigenvalue weighted by molar-refractivity contribution is -0.386. The molecule has 0 heterocycles. The third kappa shape index (κ3) is 2.72. The molecule has 0 radical (unpaired) electrons. The maximum Gasteiger partial charge on any atom is 0.312 e. The zero-order valence-corrected chi connectivity index (χ0v) is 11.6. The van der Waals surface area contributed by atoms with Gasteiger partial charge in [-0.1, -0.05) is 6.07 Å². The minimum absolute atomic E-state index is 0.373. The van der Waals surface area contributed by atoms with Crippen molar-refractivity contribution in [2.45, 2.75) is 9.79 Å². The number of nitrogens with zero attached hydrogens (tertiary/aromatic N) is 2. The predicted octanol–water partition coefficient (Wildman–Crippen LogP) is 2.04. The first-order valence-corrected chi connectivity index (χ1v) is 7.19. The van der Waals surface area contributed by atoms with Gasteiger partial charge in [-0.2, -0.15) is 0 Å². The van der Waals surface area contributed by atoms with Gasteiger partial charge in [0.25, 0.3) is 5.69 Å². The van der Waals surface area contributed by atoms with Crippen molar-refractivity contribution in [3.63, 3.8) is 0 Å². The van der Waals surface area contributed by atoms with E-state index >= 15 is 0 Å². The van der Waals surface area contributed by atoms with Crippen LogP contribution in [0.3, 0.4) is 0 Å². The van der Waals surface area contributed by atoms with Crippen LogP contribution in [0.2, 0.25) is 0 Å². The standard InChI is InChI=1S/C12H8N2O7S/c15-12-5-4-10(7-11(12)14(18)19)22(20,21)9-3-1-2-8(6-9)13(16)17/h1-7,15H. The fraction of sp³-hybridized carbons (Fsp3) is 0. The number of hydrogen-bond donors (Lipinski definition) is 1. The molecule has 0 aliphatic carbocycles. The van der Waals surface area contributed by atoms with Crippen molar-refractivity contribution >= 4 is 21.2 Å². The van der Waals surface area contributed by atoms with Crippen molar-refractivity contribution in [1.82, 2.24) is 0 Å². The Morgan fingerprint density at radius 2 is 1.55 bits per heavy atom. The van der Waals surface area contributed by atoms with E-state index in [1.807, 2.05) is 0 Å². The molecule has 114 valence electrons. The van der Waals surface area contributed by atoms with E-state index in [-0.39, 0.29) is 4.90 Å². The third-order valence-corrected chi connectivity index (χ3v) is 4.54. The Hall–Kier alpha value is -3.01. The van der Waals surface area contributed by atoms with Crippen LogP contribution in [0.1, 0.15) is 0 Å². The molecule has 0 saturated heterocycles. The van der Waals surface area contributed by atoms with Gasteiger partial charge in [-0.25, -0.2) is 8.42 Å². The van der Waals surface area contributed by atoms with Gasteiger partial charge in [-0.3, -0.25) is 20.2 Å². The van der Waals surface area contributed by atoms with Crippen LogP contribution >= 0.6 is 0 Å². The van der Waals surface area contributed by atoms with Crippen LogP contribution in [0.15, 0.2) is 52.3 Å². The van der Waals surface area contributed by atoms with Crippen molar-refractivity contribution in [2.75, 3.05) is 0 Å². The second-order valence-corrected chi connectivity index (χ2v) is 6.12. The van der Waals surface area contributed by atoms with E-state index in [0.717, 1.165) is 30.3 Å². The van der Waals surface area contributed by atoms with Gasteiger partial charge in [-0.05, 0) is 18.2 Å². The second-order valence-electron chi connectivity index (χ2n) is 4.17. The maximum atomic E-state index is 12.4. The topological polar surface area (TPSA) is 141 Å². The lowest BCUT2D eigenvalue weighted by atomic mass is 10.3. The monoisotopic (exact) mass is 324 g/mol. The summed E-state index contributed by atoms with van der Waals surface area (Å²) >= 11 is 0. The number of aromatic hydroxyl groups is 1. The van der Waals surface area contributed by atoms with Crippen LogP contribution in [0.4, 0.5) is 11.4 Å². The highest BCUT2D eigenvalue weighted by molar-refractivity contribution is 7.91. The average Bonchev–Trinajstić information content (AvgIpc) is 2.47. The zero-order valence-electron chi connectivity index (χ0n) is 10.7. The van der Waals surface area contributed by atoms with Gasteiger partial charge in [0.15, 0.2) is 5.75 Å². The molecule has 1 N–H and O–H groups in total. The summed E-state index contributed by atoms with van der Waals surface area (Å²) in [6.45, 7) is 0. The highest BCUT2D eigenvalue weighted by Gasteiger charge is 2.24. The molecule has 0 unspecified atom stereocenters. The molecule has 0 fully saturated rings. The Bertz CT molecular complexity index is 877. The highest BCUT2D eigenvalue weighted by atomic mass is 32.2. The number of non-ortho nitro benzene ring substituents is 1. The largest absolute Gasteiger partial charge is 0.502 e. The van der Waals surface area contributed by atoms with E-state index in [9.17, 15) is 33.8 Å². The molecule has 9 nitrogen and oxygen atoms in total. The normalized spacial score (nSPS) is 11.1. The molecule has 0 aromatic heterocycles. The molecule has 2 rings (SSSR count). The van der Waals surface area contributed by atoms with Crippen molar-refractivity contribution in [3.8, 4) is 5.75 Å². The predicted molar refractivity (Wildman–Crippen MR) is 73.3 cm³/mol. The van der Waals surface area contributed by atoms with E-state index in [0.29, 0.717) is 6.07 Å². The fourth-order valence-electron chi connectivity index (χ4n) is 1.72. The Labute approximate surface area is 123 Å². The summed E-state index contributed by atoms with van der Waals surface area (Å²) in [4.78, 5) is 18.9. The van der Waals surface area contributed by atoms with Gasteiger partial charge >= 0.3 is 5.69 Å². The van der Waals surface area contributed by atoms with Gasteiger partial charge < -0.3 is 5.11 Å². The highest BCUT2D eigenvalue weighted by Crippen LogP contribution is 2.31. The first-order valence-electron chi connectivity index (χ1n) is 5.70. The van der Waals surface area contributed by atoms with Gasteiger partial charge in [0.05, 0.1) is 19.6 Å². The molecule has 22 heavy (non-hydrogen) atoms. The fourth-order valence-corrected chi connectivity index (χ4v) is 3.04. The number of phenols is 1. The summed E-state index contributed by atoms with van der Waals surface area (Å²) in [5.74, 6) is -0.678. The minimum atomic E-state index is -4.19. The van der Waals surface area contributed by atoms with E-state index in [2.05, 4.69) is 0 Å². The number of sulfone groups is 1. The Balaban J connectivity index is 2.60. The Morgan fingerprint density at radius 1 is 0.909 bits per heavy atom. The molecular formula is C12H8N2O7S. The molecule has 0 saturated carbocycles. The van der Waals surface area contributed by atoms with E-state index < -0.39 is 41.7 Å². The summed E-state index contributed by atoms with van der Waals surface area (Å²) in [6.07, 6.45) is 0. The molecule has 0 bridgehead atoms. The van der Waals surface area contributed by atoms with Gasteiger partial charge in [0.1, 0.15) is 0 Å². The Morgan fingerprint density at radius 3 is 2.14 bits per heavy atom. The summed E-state index contributed by atoms with van der Waals surface area (Å²) in [7, 11) is -4.19. The van der Waals surface area contributed by atoms with Gasteiger partial charge in [0, 0.05) is 18.2 Å². The van der Waals surface area contributed by atoms with E-state index in [4.69, 9.17) is 0 Å². The minimum Gasteiger partial charge on any atom is -0.502 e. The molecule has 2 aromatic carbocycles. The molecule has 0 aliphatic heterocycles. The lowest BCUT2D eigenvalue weighted by Crippen LogP contribution is -2.03. The summed E-state index contributed by atoms with van der Waals surface area (Å²) in [5, 5.41) is 30.8. The van der Waals surface area contributed by atoms with Crippen molar-refractivity contribution in [1.29, 1.82) is 0 Å². The Kier molecular flexibility index (Phi) is 3.78. The quantitative estimate of drug-likeness (QED) is 0.670. The first kappa shape index (κ1) is 15.4. The van der Waals surface area contributed by atoms with Crippen LogP contribution in [-0.4, -0.2) is 23.4 Å². The molecule has 0 spiro atoms. The van der Waals surface area contributed by atoms with Crippen LogP contribution in [0.5, 0.6) is 5.75 Å². The molecule has 0 aliphatic rings.